The number of hydrogen-bond donors (Lipinski definition) is 6. The van der Waals surface area contributed by atoms with Crippen molar-refractivity contribution in [2.45, 2.75) is 24.9 Å². The minimum Gasteiger partial charge on any atom is -0.480 e. The van der Waals surface area contributed by atoms with Gasteiger partial charge in [0.1, 0.15) is 6.04 Å². The van der Waals surface area contributed by atoms with Gasteiger partial charge in [-0.1, -0.05) is 0 Å². The van der Waals surface area contributed by atoms with Crippen molar-refractivity contribution in [3.63, 3.8) is 0 Å². The molecular formula is C9H17N5O3. The molecule has 0 bridgehead atoms. The van der Waals surface area contributed by atoms with Crippen LogP contribution in [0.5, 0.6) is 0 Å². The highest BCUT2D eigenvalue weighted by molar-refractivity contribution is 5.88. The first-order valence-corrected chi connectivity index (χ1v) is 5.35. The Morgan fingerprint density at radius 2 is 2.35 bits per heavy atom. The van der Waals surface area contributed by atoms with Crippen LogP contribution in [0.3, 0.4) is 0 Å². The van der Waals surface area contributed by atoms with Crippen LogP contribution in [-0.2, 0) is 9.59 Å². The van der Waals surface area contributed by atoms with Gasteiger partial charge in [-0.25, -0.2) is 4.79 Å². The largest absolute Gasteiger partial charge is 0.480 e. The van der Waals surface area contributed by atoms with Crippen LogP contribution < -0.4 is 21.7 Å². The number of carboxylic acid groups (broad SMARTS) is 1. The number of aliphatic carboxylic acids is 1. The zero-order chi connectivity index (χ0) is 12.8. The van der Waals surface area contributed by atoms with E-state index >= 15 is 0 Å². The van der Waals surface area contributed by atoms with E-state index in [0.717, 1.165) is 0 Å². The quantitative estimate of drug-likeness (QED) is 0.184. The third-order valence-corrected chi connectivity index (χ3v) is 2.48. The van der Waals surface area contributed by atoms with Gasteiger partial charge in [0.15, 0.2) is 5.96 Å². The highest BCUT2D eigenvalue weighted by Crippen LogP contribution is 2.02. The first-order valence-electron chi connectivity index (χ1n) is 5.35. The van der Waals surface area contributed by atoms with Crippen LogP contribution in [0, 0.1) is 5.41 Å². The normalized spacial score (nSPS) is 23.9. The standard InChI is InChI=1S/C9H17N5O3/c10-9(11)12-3-1-2-5-7(15)14-6(4-13-5)8(16)17/h5-6,13H,1-4H2,(H,14,15)(H,16,17)(H4,10,11,12)/t5-,6+/m1/s1. The van der Waals surface area contributed by atoms with Crippen molar-refractivity contribution in [2.75, 3.05) is 13.1 Å². The van der Waals surface area contributed by atoms with Crippen molar-refractivity contribution in [1.29, 1.82) is 5.41 Å². The molecule has 1 fully saturated rings. The van der Waals surface area contributed by atoms with Crippen molar-refractivity contribution >= 4 is 17.8 Å². The predicted molar refractivity (Wildman–Crippen MR) is 60.5 cm³/mol. The molecule has 7 N–H and O–H groups in total. The fraction of sp³-hybridized carbons (Fsp3) is 0.667. The van der Waals surface area contributed by atoms with E-state index in [0.29, 0.717) is 19.4 Å². The zero-order valence-corrected chi connectivity index (χ0v) is 9.32. The van der Waals surface area contributed by atoms with Gasteiger partial charge in [0.25, 0.3) is 0 Å². The lowest BCUT2D eigenvalue weighted by molar-refractivity contribution is -0.143. The van der Waals surface area contributed by atoms with E-state index in [9.17, 15) is 9.59 Å². The maximum atomic E-state index is 11.5. The third kappa shape index (κ3) is 4.27. The van der Waals surface area contributed by atoms with Gasteiger partial charge in [0.05, 0.1) is 6.04 Å². The number of nitrogens with one attached hydrogen (secondary N) is 4. The molecule has 8 nitrogen and oxygen atoms in total. The van der Waals surface area contributed by atoms with Crippen LogP contribution >= 0.6 is 0 Å². The molecule has 2 atom stereocenters. The molecule has 8 heteroatoms. The summed E-state index contributed by atoms with van der Waals surface area (Å²) in [5.74, 6) is -1.44. The molecule has 1 heterocycles. The lowest BCUT2D eigenvalue weighted by atomic mass is 10.1. The number of guanidine groups is 1. The van der Waals surface area contributed by atoms with Crippen LogP contribution in [0.1, 0.15) is 12.8 Å². The van der Waals surface area contributed by atoms with E-state index in [-0.39, 0.29) is 24.5 Å². The Morgan fingerprint density at radius 1 is 1.65 bits per heavy atom. The second kappa shape index (κ2) is 6.04. The second-order valence-corrected chi connectivity index (χ2v) is 3.84. The number of nitrogens with two attached hydrogens (primary N) is 1. The highest BCUT2D eigenvalue weighted by atomic mass is 16.4. The van der Waals surface area contributed by atoms with E-state index in [2.05, 4.69) is 16.0 Å². The summed E-state index contributed by atoms with van der Waals surface area (Å²) in [6, 6.07) is -1.23. The Hall–Kier alpha value is -1.83. The summed E-state index contributed by atoms with van der Waals surface area (Å²) in [4.78, 5) is 22.2. The highest BCUT2D eigenvalue weighted by Gasteiger charge is 2.30. The Labute approximate surface area is 98.4 Å². The van der Waals surface area contributed by atoms with Gasteiger partial charge in [0.2, 0.25) is 5.91 Å². The Morgan fingerprint density at radius 3 is 2.88 bits per heavy atom. The maximum absolute atomic E-state index is 11.5. The van der Waals surface area contributed by atoms with Crippen LogP contribution in [0.15, 0.2) is 0 Å². The lowest BCUT2D eigenvalue weighted by Crippen LogP contribution is -2.60. The summed E-state index contributed by atoms with van der Waals surface area (Å²) in [5, 5.41) is 23.6. The number of hydrogen-bond acceptors (Lipinski definition) is 4. The molecule has 96 valence electrons. The Balaban J connectivity index is 2.25. The van der Waals surface area contributed by atoms with E-state index in [1.54, 1.807) is 0 Å². The molecule has 1 aliphatic rings. The summed E-state index contributed by atoms with van der Waals surface area (Å²) in [5.41, 5.74) is 5.10. The summed E-state index contributed by atoms with van der Waals surface area (Å²) in [6.45, 7) is 0.745. The van der Waals surface area contributed by atoms with E-state index in [1.165, 1.54) is 0 Å². The Kier molecular flexibility index (Phi) is 4.70. The van der Waals surface area contributed by atoms with Gasteiger partial charge in [-0.3, -0.25) is 10.2 Å². The number of carboxylic acids is 1. The molecule has 0 aromatic carbocycles. The van der Waals surface area contributed by atoms with Gasteiger partial charge in [-0.2, -0.15) is 0 Å². The molecule has 17 heavy (non-hydrogen) atoms. The SMILES string of the molecule is N=C(N)NCCC[C@H]1NC[C@@H](C(=O)O)NC1=O. The van der Waals surface area contributed by atoms with Gasteiger partial charge < -0.3 is 26.8 Å². The molecule has 0 radical (unpaired) electrons. The van der Waals surface area contributed by atoms with Crippen LogP contribution in [0.2, 0.25) is 0 Å². The Bertz CT molecular complexity index is 320. The van der Waals surface area contributed by atoms with Crippen molar-refractivity contribution in [2.24, 2.45) is 5.73 Å². The smallest absolute Gasteiger partial charge is 0.327 e. The molecule has 0 aliphatic carbocycles. The second-order valence-electron chi connectivity index (χ2n) is 3.84. The fourth-order valence-corrected chi connectivity index (χ4v) is 1.59. The van der Waals surface area contributed by atoms with Gasteiger partial charge in [0, 0.05) is 13.1 Å². The molecular weight excluding hydrogens is 226 g/mol. The van der Waals surface area contributed by atoms with Crippen molar-refractivity contribution in [3.05, 3.63) is 0 Å². The van der Waals surface area contributed by atoms with Gasteiger partial charge in [-0.05, 0) is 12.8 Å². The minimum absolute atomic E-state index is 0.100. The molecule has 0 unspecified atom stereocenters. The predicted octanol–water partition coefficient (Wildman–Crippen LogP) is -2.21. The number of piperazine rings is 1. The minimum atomic E-state index is -1.04. The summed E-state index contributed by atoms with van der Waals surface area (Å²) in [6.07, 6.45) is 1.24. The van der Waals surface area contributed by atoms with E-state index in [1.807, 2.05) is 0 Å². The number of rotatable bonds is 5. The average Bonchev–Trinajstić information content (AvgIpc) is 2.25. The van der Waals surface area contributed by atoms with E-state index < -0.39 is 12.0 Å². The number of amides is 1. The van der Waals surface area contributed by atoms with Crippen molar-refractivity contribution < 1.29 is 14.7 Å². The molecule has 0 aromatic heterocycles. The number of carbonyl (C=O) groups excluding carboxylic acids is 1. The van der Waals surface area contributed by atoms with Crippen molar-refractivity contribution in [3.8, 4) is 0 Å². The topological polar surface area (TPSA) is 140 Å². The summed E-state index contributed by atoms with van der Waals surface area (Å²) in [7, 11) is 0. The molecule has 1 amide bonds. The molecule has 1 saturated heterocycles. The molecule has 0 spiro atoms. The van der Waals surface area contributed by atoms with Gasteiger partial charge in [-0.15, -0.1) is 0 Å². The average molecular weight is 243 g/mol. The van der Waals surface area contributed by atoms with Gasteiger partial charge >= 0.3 is 5.97 Å². The third-order valence-electron chi connectivity index (χ3n) is 2.48. The van der Waals surface area contributed by atoms with Crippen LogP contribution in [0.4, 0.5) is 0 Å². The van der Waals surface area contributed by atoms with Crippen LogP contribution in [0.25, 0.3) is 0 Å². The van der Waals surface area contributed by atoms with Crippen LogP contribution in [-0.4, -0.2) is 48.1 Å². The first kappa shape index (κ1) is 13.2. The zero-order valence-electron chi connectivity index (χ0n) is 9.32. The van der Waals surface area contributed by atoms with E-state index in [4.69, 9.17) is 16.2 Å². The fourth-order valence-electron chi connectivity index (χ4n) is 1.59. The number of carbonyl (C=O) groups is 2. The molecule has 0 aromatic rings. The lowest BCUT2D eigenvalue weighted by Gasteiger charge is -2.28. The maximum Gasteiger partial charge on any atom is 0.327 e. The molecule has 1 aliphatic heterocycles. The summed E-state index contributed by atoms with van der Waals surface area (Å²) >= 11 is 0. The molecule has 0 saturated carbocycles. The monoisotopic (exact) mass is 243 g/mol. The molecule has 1 rings (SSSR count). The first-order chi connectivity index (χ1) is 8.00. The summed E-state index contributed by atoms with van der Waals surface area (Å²) < 4.78 is 0. The van der Waals surface area contributed by atoms with Crippen molar-refractivity contribution in [1.82, 2.24) is 16.0 Å².